The van der Waals surface area contributed by atoms with E-state index in [1.165, 1.54) is 10.6 Å². The predicted molar refractivity (Wildman–Crippen MR) is 159 cm³/mol. The van der Waals surface area contributed by atoms with E-state index in [2.05, 4.69) is 10.6 Å². The van der Waals surface area contributed by atoms with Gasteiger partial charge in [0.2, 0.25) is 21.8 Å². The van der Waals surface area contributed by atoms with Gasteiger partial charge in [0.05, 0.1) is 24.0 Å². The van der Waals surface area contributed by atoms with Gasteiger partial charge in [0, 0.05) is 43.0 Å². The molecule has 0 saturated carbocycles. The lowest BCUT2D eigenvalue weighted by molar-refractivity contribution is -0.140. The number of likely N-dealkylation sites (tertiary alicyclic amines) is 1. The van der Waals surface area contributed by atoms with E-state index in [1.807, 2.05) is 80.0 Å². The minimum absolute atomic E-state index is 0.198. The Bertz CT molecular complexity index is 1550. The lowest BCUT2D eigenvalue weighted by Gasteiger charge is -2.37. The van der Waals surface area contributed by atoms with Crippen molar-refractivity contribution in [3.63, 3.8) is 0 Å². The van der Waals surface area contributed by atoms with E-state index in [1.54, 1.807) is 18.9 Å². The molecule has 2 aliphatic heterocycles. The summed E-state index contributed by atoms with van der Waals surface area (Å²) in [7, 11) is -1.83. The molecule has 5 atom stereocenters. The SMILES string of the molecule is CN[C@@H](C)C(=O)N[C@H](C(=O)N1CC[C@@H]2[C@H]1[C@@H](c1cn3cccc(-c4ccccc4)c3n1)CN2S(C)(=O)=O)C(C)(C)C. The molecule has 0 bridgehead atoms. The molecule has 2 saturated heterocycles. The summed E-state index contributed by atoms with van der Waals surface area (Å²) >= 11 is 0. The van der Waals surface area contributed by atoms with Crippen molar-refractivity contribution in [2.45, 2.75) is 64.2 Å². The van der Waals surface area contributed by atoms with Gasteiger partial charge < -0.3 is 19.9 Å². The molecule has 11 heteroatoms. The molecule has 4 heterocycles. The molecule has 2 amide bonds. The number of sulfonamides is 1. The number of aromatic nitrogens is 2. The second-order valence-electron chi connectivity index (χ2n) is 12.3. The van der Waals surface area contributed by atoms with Gasteiger partial charge in [-0.3, -0.25) is 9.59 Å². The average Bonchev–Trinajstić information content (AvgIpc) is 3.64. The Hall–Kier alpha value is -3.28. The van der Waals surface area contributed by atoms with Crippen LogP contribution in [0.1, 0.15) is 45.7 Å². The molecular formula is C30H40N6O4S. The number of nitrogens with one attached hydrogen (secondary N) is 2. The standard InChI is InChI=1S/C30H40N6O4S/c1-19(31-5)28(37)33-26(30(2,3)4)29(38)35-16-14-24-25(35)22(17-36(24)41(6,39)40)23-18-34-15-10-13-21(27(34)32-23)20-11-8-7-9-12-20/h7-13,15,18-19,22,24-26,31H,14,16-17H2,1-6H3,(H,33,37)/t19-,22+,24+,25+,26+/m0/s1. The number of carbonyl (C=O) groups excluding carboxylic acids is 2. The average molecular weight is 581 g/mol. The topological polar surface area (TPSA) is 116 Å². The van der Waals surface area contributed by atoms with Crippen LogP contribution in [0.2, 0.25) is 0 Å². The van der Waals surface area contributed by atoms with Gasteiger partial charge in [-0.15, -0.1) is 0 Å². The van der Waals surface area contributed by atoms with Crippen LogP contribution in [0, 0.1) is 5.41 Å². The summed E-state index contributed by atoms with van der Waals surface area (Å²) in [5.41, 5.74) is 2.97. The minimum atomic E-state index is -3.53. The molecule has 2 N–H and O–H groups in total. The van der Waals surface area contributed by atoms with Crippen molar-refractivity contribution in [3.8, 4) is 11.1 Å². The van der Waals surface area contributed by atoms with E-state index in [0.717, 1.165) is 22.5 Å². The summed E-state index contributed by atoms with van der Waals surface area (Å²) in [6, 6.07) is 12.0. The summed E-state index contributed by atoms with van der Waals surface area (Å²) in [6.07, 6.45) is 5.64. The number of carbonyl (C=O) groups is 2. The first-order valence-corrected chi connectivity index (χ1v) is 15.9. The first-order valence-electron chi connectivity index (χ1n) is 14.1. The Kier molecular flexibility index (Phi) is 7.73. The van der Waals surface area contributed by atoms with Crippen LogP contribution in [0.25, 0.3) is 16.8 Å². The van der Waals surface area contributed by atoms with Crippen molar-refractivity contribution in [3.05, 3.63) is 60.6 Å². The molecule has 0 aliphatic carbocycles. The number of imidazole rings is 1. The van der Waals surface area contributed by atoms with Gasteiger partial charge in [0.1, 0.15) is 11.7 Å². The third kappa shape index (κ3) is 5.50. The van der Waals surface area contributed by atoms with E-state index in [4.69, 9.17) is 4.98 Å². The van der Waals surface area contributed by atoms with Crippen LogP contribution in [0.3, 0.4) is 0 Å². The van der Waals surface area contributed by atoms with Crippen LogP contribution in [0.15, 0.2) is 54.9 Å². The van der Waals surface area contributed by atoms with Crippen LogP contribution in [0.4, 0.5) is 0 Å². The second-order valence-corrected chi connectivity index (χ2v) is 14.3. The first-order chi connectivity index (χ1) is 19.3. The highest BCUT2D eigenvalue weighted by Crippen LogP contribution is 2.43. The Morgan fingerprint density at radius 2 is 1.80 bits per heavy atom. The van der Waals surface area contributed by atoms with E-state index in [0.29, 0.717) is 13.0 Å². The quantitative estimate of drug-likeness (QED) is 0.444. The van der Waals surface area contributed by atoms with E-state index >= 15 is 0 Å². The Morgan fingerprint density at radius 3 is 2.44 bits per heavy atom. The van der Waals surface area contributed by atoms with Crippen molar-refractivity contribution in [1.29, 1.82) is 0 Å². The normalized spacial score (nSPS) is 23.0. The number of pyridine rings is 1. The molecule has 0 radical (unpaired) electrons. The van der Waals surface area contributed by atoms with Crippen LogP contribution < -0.4 is 10.6 Å². The van der Waals surface area contributed by atoms with Gasteiger partial charge in [-0.2, -0.15) is 4.31 Å². The number of likely N-dealkylation sites (N-methyl/N-ethyl adjacent to an activating group) is 1. The maximum absolute atomic E-state index is 14.2. The lowest BCUT2D eigenvalue weighted by atomic mass is 9.85. The number of fused-ring (bicyclic) bond motifs is 2. The van der Waals surface area contributed by atoms with Crippen molar-refractivity contribution >= 4 is 27.5 Å². The van der Waals surface area contributed by atoms with Gasteiger partial charge in [-0.1, -0.05) is 51.1 Å². The van der Waals surface area contributed by atoms with Crippen molar-refractivity contribution < 1.29 is 18.0 Å². The number of nitrogens with zero attached hydrogens (tertiary/aromatic N) is 4. The molecule has 2 aliphatic rings. The smallest absolute Gasteiger partial charge is 0.246 e. The summed E-state index contributed by atoms with van der Waals surface area (Å²) in [5, 5.41) is 5.89. The van der Waals surface area contributed by atoms with Gasteiger partial charge in [-0.05, 0) is 43.5 Å². The number of hydrogen-bond acceptors (Lipinski definition) is 6. The Balaban J connectivity index is 1.54. The minimum Gasteiger partial charge on any atom is -0.342 e. The van der Waals surface area contributed by atoms with Gasteiger partial charge in [0.15, 0.2) is 0 Å². The molecule has 1 aromatic carbocycles. The zero-order valence-corrected chi connectivity index (χ0v) is 25.4. The fourth-order valence-corrected chi connectivity index (χ4v) is 7.36. The zero-order valence-electron chi connectivity index (χ0n) is 24.5. The lowest BCUT2D eigenvalue weighted by Crippen LogP contribution is -2.59. The summed E-state index contributed by atoms with van der Waals surface area (Å²) in [6.45, 7) is 8.17. The summed E-state index contributed by atoms with van der Waals surface area (Å²) in [5.74, 6) is -0.779. The summed E-state index contributed by atoms with van der Waals surface area (Å²) in [4.78, 5) is 33.9. The molecule has 0 spiro atoms. The highest BCUT2D eigenvalue weighted by molar-refractivity contribution is 7.88. The molecule has 220 valence electrons. The number of benzene rings is 1. The number of rotatable bonds is 7. The maximum Gasteiger partial charge on any atom is 0.246 e. The van der Waals surface area contributed by atoms with E-state index in [-0.39, 0.29) is 30.3 Å². The molecule has 2 fully saturated rings. The number of amides is 2. The van der Waals surface area contributed by atoms with Gasteiger partial charge in [-0.25, -0.2) is 13.4 Å². The molecular weight excluding hydrogens is 540 g/mol. The van der Waals surface area contributed by atoms with Crippen LogP contribution in [-0.2, 0) is 19.6 Å². The third-order valence-electron chi connectivity index (χ3n) is 8.48. The van der Waals surface area contributed by atoms with Crippen LogP contribution in [0.5, 0.6) is 0 Å². The molecule has 41 heavy (non-hydrogen) atoms. The Labute approximate surface area is 242 Å². The summed E-state index contributed by atoms with van der Waals surface area (Å²) < 4.78 is 29.3. The molecule has 0 unspecified atom stereocenters. The van der Waals surface area contributed by atoms with Crippen molar-refractivity contribution in [2.75, 3.05) is 26.4 Å². The second kappa shape index (κ2) is 10.8. The van der Waals surface area contributed by atoms with Crippen LogP contribution >= 0.6 is 0 Å². The van der Waals surface area contributed by atoms with Crippen molar-refractivity contribution in [1.82, 2.24) is 29.2 Å². The first kappa shape index (κ1) is 29.2. The predicted octanol–water partition coefficient (Wildman–Crippen LogP) is 2.47. The molecule has 10 nitrogen and oxygen atoms in total. The van der Waals surface area contributed by atoms with Gasteiger partial charge in [0.25, 0.3) is 0 Å². The fraction of sp³-hybridized carbons (Fsp3) is 0.500. The molecule has 2 aromatic heterocycles. The fourth-order valence-electron chi connectivity index (χ4n) is 6.21. The number of hydrogen-bond donors (Lipinski definition) is 2. The molecule has 3 aromatic rings. The zero-order chi connectivity index (χ0) is 29.7. The Morgan fingerprint density at radius 1 is 1.10 bits per heavy atom. The van der Waals surface area contributed by atoms with Crippen molar-refractivity contribution in [2.24, 2.45) is 5.41 Å². The third-order valence-corrected chi connectivity index (χ3v) is 9.75. The highest BCUT2D eigenvalue weighted by atomic mass is 32.2. The monoisotopic (exact) mass is 580 g/mol. The molecule has 5 rings (SSSR count). The maximum atomic E-state index is 14.2. The van der Waals surface area contributed by atoms with E-state index in [9.17, 15) is 18.0 Å². The van der Waals surface area contributed by atoms with Gasteiger partial charge >= 0.3 is 0 Å². The van der Waals surface area contributed by atoms with E-state index < -0.39 is 33.6 Å². The largest absolute Gasteiger partial charge is 0.342 e. The van der Waals surface area contributed by atoms with Crippen LogP contribution in [-0.4, -0.2) is 89.4 Å². The highest BCUT2D eigenvalue weighted by Gasteiger charge is 2.55.